The van der Waals surface area contributed by atoms with Crippen LogP contribution in [0.3, 0.4) is 0 Å². The Hall–Kier alpha value is -3.65. The van der Waals surface area contributed by atoms with E-state index in [2.05, 4.69) is 15.7 Å². The van der Waals surface area contributed by atoms with E-state index >= 15 is 0 Å². The van der Waals surface area contributed by atoms with Crippen molar-refractivity contribution in [2.75, 3.05) is 19.5 Å². The van der Waals surface area contributed by atoms with Crippen LogP contribution in [0.25, 0.3) is 15.9 Å². The molecule has 2 amide bonds. The predicted molar refractivity (Wildman–Crippen MR) is 118 cm³/mol. The van der Waals surface area contributed by atoms with Gasteiger partial charge in [0.25, 0.3) is 11.8 Å². The smallest absolute Gasteiger partial charge is 0.265 e. The number of carbonyl (C=O) groups excluding carboxylic acids is 2. The monoisotopic (exact) mass is 420 g/mol. The number of thiophene rings is 1. The van der Waals surface area contributed by atoms with Crippen LogP contribution in [-0.4, -0.2) is 35.8 Å². The summed E-state index contributed by atoms with van der Waals surface area (Å²) in [6.07, 6.45) is 0. The molecule has 0 aliphatic carbocycles. The van der Waals surface area contributed by atoms with E-state index in [9.17, 15) is 9.59 Å². The Kier molecular flexibility index (Phi) is 5.24. The summed E-state index contributed by atoms with van der Waals surface area (Å²) in [6, 6.07) is 16.6. The van der Waals surface area contributed by atoms with Crippen LogP contribution in [0.1, 0.15) is 25.7 Å². The molecular formula is C22H20N4O3S. The number of carbonyl (C=O) groups is 2. The zero-order valence-corrected chi connectivity index (χ0v) is 17.5. The molecule has 2 N–H and O–H groups in total. The van der Waals surface area contributed by atoms with Crippen molar-refractivity contribution in [3.05, 3.63) is 70.7 Å². The molecule has 8 heteroatoms. The molecule has 0 unspecified atom stereocenters. The summed E-state index contributed by atoms with van der Waals surface area (Å²) in [5.41, 5.74) is 2.75. The van der Waals surface area contributed by atoms with Gasteiger partial charge in [0.1, 0.15) is 10.6 Å². The molecule has 0 aliphatic heterocycles. The molecule has 0 saturated carbocycles. The maximum atomic E-state index is 12.9. The maximum absolute atomic E-state index is 12.9. The van der Waals surface area contributed by atoms with Crippen molar-refractivity contribution >= 4 is 39.1 Å². The van der Waals surface area contributed by atoms with Gasteiger partial charge in [0.15, 0.2) is 0 Å². The van der Waals surface area contributed by atoms with Gasteiger partial charge in [-0.25, -0.2) is 4.68 Å². The summed E-state index contributed by atoms with van der Waals surface area (Å²) < 4.78 is 7.15. The predicted octanol–water partition coefficient (Wildman–Crippen LogP) is 4.02. The second kappa shape index (κ2) is 8.00. The molecular weight excluding hydrogens is 400 g/mol. The van der Waals surface area contributed by atoms with Gasteiger partial charge in [0.2, 0.25) is 0 Å². The molecule has 0 spiro atoms. The number of anilines is 1. The first-order valence-corrected chi connectivity index (χ1v) is 10.1. The van der Waals surface area contributed by atoms with Gasteiger partial charge < -0.3 is 15.4 Å². The van der Waals surface area contributed by atoms with Crippen molar-refractivity contribution in [1.29, 1.82) is 0 Å². The number of rotatable bonds is 5. The summed E-state index contributed by atoms with van der Waals surface area (Å²) in [6.45, 7) is 1.93. The summed E-state index contributed by atoms with van der Waals surface area (Å²) in [5, 5.41) is 11.0. The van der Waals surface area contributed by atoms with Gasteiger partial charge in [-0.15, -0.1) is 11.3 Å². The average molecular weight is 420 g/mol. The van der Waals surface area contributed by atoms with Crippen LogP contribution in [0.5, 0.6) is 5.75 Å². The lowest BCUT2D eigenvalue weighted by molar-refractivity contribution is 0.0959. The normalized spacial score (nSPS) is 10.8. The highest BCUT2D eigenvalue weighted by Gasteiger charge is 2.18. The Labute approximate surface area is 177 Å². The third-order valence-electron chi connectivity index (χ3n) is 4.70. The fourth-order valence-electron chi connectivity index (χ4n) is 3.19. The molecule has 2 aromatic carbocycles. The van der Waals surface area contributed by atoms with E-state index in [1.54, 1.807) is 25.2 Å². The number of amides is 2. The minimum atomic E-state index is -0.254. The van der Waals surface area contributed by atoms with Gasteiger partial charge >= 0.3 is 0 Å². The zero-order valence-electron chi connectivity index (χ0n) is 16.7. The number of fused-ring (bicyclic) bond motifs is 1. The molecule has 0 fully saturated rings. The number of methoxy groups -OCH3 is 1. The van der Waals surface area contributed by atoms with Crippen molar-refractivity contribution in [1.82, 2.24) is 15.1 Å². The zero-order chi connectivity index (χ0) is 21.3. The highest BCUT2D eigenvalue weighted by Crippen LogP contribution is 2.31. The minimum absolute atomic E-state index is 0.232. The van der Waals surface area contributed by atoms with Crippen molar-refractivity contribution in [3.8, 4) is 11.4 Å². The number of nitrogens with zero attached hydrogens (tertiary/aromatic N) is 2. The minimum Gasteiger partial charge on any atom is -0.496 e. The molecule has 152 valence electrons. The molecule has 0 aliphatic rings. The second-order valence-electron chi connectivity index (χ2n) is 6.61. The van der Waals surface area contributed by atoms with E-state index in [1.165, 1.54) is 18.4 Å². The SMILES string of the molecule is CNC(=O)c1ccc(NC(=O)c2cc3c(C)nn(-c4ccccc4)c3s2)cc1OC. The maximum Gasteiger partial charge on any atom is 0.265 e. The molecule has 0 saturated heterocycles. The third-order valence-corrected chi connectivity index (χ3v) is 5.81. The quantitative estimate of drug-likeness (QED) is 0.511. The van der Waals surface area contributed by atoms with Crippen LogP contribution in [0.2, 0.25) is 0 Å². The van der Waals surface area contributed by atoms with Crippen LogP contribution in [0.15, 0.2) is 54.6 Å². The number of aromatic nitrogens is 2. The van der Waals surface area contributed by atoms with Gasteiger partial charge in [-0.3, -0.25) is 9.59 Å². The number of aryl methyl sites for hydroxylation is 1. The fourth-order valence-corrected chi connectivity index (χ4v) is 4.27. The Balaban J connectivity index is 1.64. The Morgan fingerprint density at radius 1 is 1.07 bits per heavy atom. The lowest BCUT2D eigenvalue weighted by Gasteiger charge is -2.10. The largest absolute Gasteiger partial charge is 0.496 e. The number of hydrogen-bond donors (Lipinski definition) is 2. The number of hydrogen-bond acceptors (Lipinski definition) is 5. The topological polar surface area (TPSA) is 85.3 Å². The first kappa shape index (κ1) is 19.7. The summed E-state index contributed by atoms with van der Waals surface area (Å²) in [7, 11) is 3.04. The number of nitrogens with one attached hydrogen (secondary N) is 2. The van der Waals surface area contributed by atoms with E-state index in [1.807, 2.05) is 48.0 Å². The molecule has 2 aromatic heterocycles. The third kappa shape index (κ3) is 3.53. The molecule has 0 atom stereocenters. The highest BCUT2D eigenvalue weighted by atomic mass is 32.1. The van der Waals surface area contributed by atoms with Crippen LogP contribution in [-0.2, 0) is 0 Å². The number of ether oxygens (including phenoxy) is 1. The van der Waals surface area contributed by atoms with Gasteiger partial charge in [-0.2, -0.15) is 5.10 Å². The van der Waals surface area contributed by atoms with E-state index in [0.717, 1.165) is 21.6 Å². The summed E-state index contributed by atoms with van der Waals surface area (Å²) in [4.78, 5) is 26.3. The van der Waals surface area contributed by atoms with Crippen molar-refractivity contribution in [3.63, 3.8) is 0 Å². The molecule has 0 bridgehead atoms. The molecule has 4 rings (SSSR count). The Morgan fingerprint density at radius 2 is 1.83 bits per heavy atom. The lowest BCUT2D eigenvalue weighted by atomic mass is 10.1. The van der Waals surface area contributed by atoms with Crippen molar-refractivity contribution in [2.24, 2.45) is 0 Å². The van der Waals surface area contributed by atoms with E-state index < -0.39 is 0 Å². The summed E-state index contributed by atoms with van der Waals surface area (Å²) >= 11 is 1.38. The van der Waals surface area contributed by atoms with Crippen LogP contribution in [0.4, 0.5) is 5.69 Å². The fraction of sp³-hybridized carbons (Fsp3) is 0.136. The van der Waals surface area contributed by atoms with Gasteiger partial charge in [-0.05, 0) is 37.3 Å². The van der Waals surface area contributed by atoms with Gasteiger partial charge in [0, 0.05) is 24.2 Å². The van der Waals surface area contributed by atoms with Crippen molar-refractivity contribution in [2.45, 2.75) is 6.92 Å². The average Bonchev–Trinajstić information content (AvgIpc) is 3.34. The molecule has 0 radical (unpaired) electrons. The molecule has 4 aromatic rings. The Morgan fingerprint density at radius 3 is 2.53 bits per heavy atom. The first-order valence-electron chi connectivity index (χ1n) is 9.28. The van der Waals surface area contributed by atoms with Crippen molar-refractivity contribution < 1.29 is 14.3 Å². The standard InChI is InChI=1S/C22H20N4O3S/c1-13-17-12-19(30-22(17)26(25-13)15-7-5-4-6-8-15)21(28)24-14-9-10-16(20(27)23-2)18(11-14)29-3/h4-12H,1-3H3,(H,23,27)(H,24,28). The molecule has 30 heavy (non-hydrogen) atoms. The second-order valence-corrected chi connectivity index (χ2v) is 7.64. The van der Waals surface area contributed by atoms with E-state index in [-0.39, 0.29) is 11.8 Å². The van der Waals surface area contributed by atoms with Crippen LogP contribution in [0, 0.1) is 6.92 Å². The van der Waals surface area contributed by atoms with Crippen LogP contribution < -0.4 is 15.4 Å². The van der Waals surface area contributed by atoms with E-state index in [0.29, 0.717) is 21.9 Å². The van der Waals surface area contributed by atoms with Crippen LogP contribution >= 0.6 is 11.3 Å². The molecule has 2 heterocycles. The Bertz CT molecular complexity index is 1240. The summed E-state index contributed by atoms with van der Waals surface area (Å²) in [5.74, 6) is -0.0980. The lowest BCUT2D eigenvalue weighted by Crippen LogP contribution is -2.19. The van der Waals surface area contributed by atoms with Gasteiger partial charge in [-0.1, -0.05) is 18.2 Å². The van der Waals surface area contributed by atoms with E-state index in [4.69, 9.17) is 4.74 Å². The van der Waals surface area contributed by atoms with Gasteiger partial charge in [0.05, 0.1) is 28.9 Å². The number of benzene rings is 2. The molecule has 7 nitrogen and oxygen atoms in total. The first-order chi connectivity index (χ1) is 14.5. The number of para-hydroxylation sites is 1. The highest BCUT2D eigenvalue weighted by molar-refractivity contribution is 7.20.